The van der Waals surface area contributed by atoms with Crippen LogP contribution in [0, 0.1) is 6.92 Å². The lowest BCUT2D eigenvalue weighted by Crippen LogP contribution is -2.22. The lowest BCUT2D eigenvalue weighted by atomic mass is 9.74. The van der Waals surface area contributed by atoms with Gasteiger partial charge in [-0.1, -0.05) is 59.7 Å². The largest absolute Gasteiger partial charge is 0.0587 e. The molecule has 0 aliphatic rings. The van der Waals surface area contributed by atoms with Crippen molar-refractivity contribution in [2.24, 2.45) is 0 Å². The molecule has 1 aromatic rings. The van der Waals surface area contributed by atoms with Crippen LogP contribution in [0.5, 0.6) is 0 Å². The average Bonchev–Trinajstić information content (AvgIpc) is 2.14. The van der Waals surface area contributed by atoms with E-state index >= 15 is 0 Å². The minimum Gasteiger partial charge on any atom is -0.0587 e. The van der Waals surface area contributed by atoms with E-state index in [9.17, 15) is 0 Å². The fraction of sp³-hybridized carbons (Fsp3) is 0.562. The van der Waals surface area contributed by atoms with Crippen molar-refractivity contribution in [3.8, 4) is 0 Å². The molecule has 0 saturated heterocycles. The van der Waals surface area contributed by atoms with Crippen molar-refractivity contribution in [3.05, 3.63) is 41.8 Å². The molecule has 16 heavy (non-hydrogen) atoms. The maximum absolute atomic E-state index is 3.97. The van der Waals surface area contributed by atoms with Crippen molar-refractivity contribution < 1.29 is 0 Å². The highest BCUT2D eigenvalue weighted by molar-refractivity contribution is 5.40. The maximum atomic E-state index is 3.97. The van der Waals surface area contributed by atoms with Gasteiger partial charge in [0.05, 0.1) is 0 Å². The highest BCUT2D eigenvalue weighted by Crippen LogP contribution is 2.34. The molecule has 0 aliphatic carbocycles. The van der Waals surface area contributed by atoms with E-state index in [1.807, 2.05) is 0 Å². The summed E-state index contributed by atoms with van der Waals surface area (Å²) in [5.74, 6) is 0. The first-order chi connectivity index (χ1) is 7.16. The van der Waals surface area contributed by atoms with Gasteiger partial charge in [0, 0.05) is 0 Å². The van der Waals surface area contributed by atoms with Crippen LogP contribution in [0.3, 0.4) is 0 Å². The first-order valence-electron chi connectivity index (χ1n) is 6.09. The summed E-state index contributed by atoms with van der Waals surface area (Å²) in [4.78, 5) is 0. The lowest BCUT2D eigenvalue weighted by Gasteiger charge is -2.30. The molecule has 0 heterocycles. The molecule has 1 aromatic carbocycles. The molecule has 0 nitrogen and oxygen atoms in total. The maximum Gasteiger partial charge on any atom is -0.0129 e. The summed E-state index contributed by atoms with van der Waals surface area (Å²) >= 11 is 0. The van der Waals surface area contributed by atoms with Gasteiger partial charge < -0.3 is 0 Å². The van der Waals surface area contributed by atoms with Crippen molar-refractivity contribution in [1.82, 2.24) is 0 Å². The fourth-order valence-electron chi connectivity index (χ4n) is 2.02. The molecular weight excluding hydrogens is 192 g/mol. The second-order valence-electron chi connectivity index (χ2n) is 6.63. The topological polar surface area (TPSA) is 0 Å². The van der Waals surface area contributed by atoms with Gasteiger partial charge in [-0.3, -0.25) is 0 Å². The zero-order valence-electron chi connectivity index (χ0n) is 11.6. The van der Waals surface area contributed by atoms with Crippen LogP contribution < -0.4 is 0 Å². The first kappa shape index (κ1) is 13.3. The molecular formula is C16H25. The first-order valence-corrected chi connectivity index (χ1v) is 6.09. The van der Waals surface area contributed by atoms with E-state index in [1.165, 1.54) is 16.7 Å². The Bertz CT molecular complexity index is 359. The van der Waals surface area contributed by atoms with E-state index in [4.69, 9.17) is 0 Å². The molecule has 0 spiro atoms. The number of rotatable bonds is 1. The Kier molecular flexibility index (Phi) is 3.52. The summed E-state index contributed by atoms with van der Waals surface area (Å²) in [5, 5.41) is 0. The van der Waals surface area contributed by atoms with E-state index in [1.54, 1.807) is 0 Å². The van der Waals surface area contributed by atoms with E-state index in [2.05, 4.69) is 66.7 Å². The van der Waals surface area contributed by atoms with Gasteiger partial charge in [-0.2, -0.15) is 0 Å². The van der Waals surface area contributed by atoms with Crippen molar-refractivity contribution in [2.75, 3.05) is 0 Å². The SMILES string of the molecule is [CH2]Cc1ccc(C(C)(C)C)c(C(C)(C)C)c1. The third kappa shape index (κ3) is 2.87. The number of benzene rings is 1. The minimum absolute atomic E-state index is 0.202. The van der Waals surface area contributed by atoms with E-state index < -0.39 is 0 Å². The van der Waals surface area contributed by atoms with E-state index in [0.717, 1.165) is 6.42 Å². The van der Waals surface area contributed by atoms with E-state index in [0.29, 0.717) is 0 Å². The van der Waals surface area contributed by atoms with Gasteiger partial charge >= 0.3 is 0 Å². The lowest BCUT2D eigenvalue weighted by molar-refractivity contribution is 0.529. The molecule has 0 N–H and O–H groups in total. The van der Waals surface area contributed by atoms with Gasteiger partial charge in [0.15, 0.2) is 0 Å². The van der Waals surface area contributed by atoms with Crippen LogP contribution in [0.2, 0.25) is 0 Å². The molecule has 0 aliphatic heterocycles. The zero-order chi connectivity index (χ0) is 12.6. The predicted molar refractivity (Wildman–Crippen MR) is 72.9 cm³/mol. The fourth-order valence-corrected chi connectivity index (χ4v) is 2.02. The van der Waals surface area contributed by atoms with Crippen LogP contribution in [0.15, 0.2) is 18.2 Å². The molecule has 0 unspecified atom stereocenters. The monoisotopic (exact) mass is 217 g/mol. The summed E-state index contributed by atoms with van der Waals surface area (Å²) in [6, 6.07) is 6.82. The van der Waals surface area contributed by atoms with Gasteiger partial charge in [0.1, 0.15) is 0 Å². The van der Waals surface area contributed by atoms with Gasteiger partial charge in [0.2, 0.25) is 0 Å². The number of hydrogen-bond acceptors (Lipinski definition) is 0. The van der Waals surface area contributed by atoms with Crippen molar-refractivity contribution in [1.29, 1.82) is 0 Å². The van der Waals surface area contributed by atoms with E-state index in [-0.39, 0.29) is 10.8 Å². The normalized spacial score (nSPS) is 12.9. The van der Waals surface area contributed by atoms with Crippen molar-refractivity contribution in [3.63, 3.8) is 0 Å². The predicted octanol–water partition coefficient (Wildman–Crippen LogP) is 4.66. The van der Waals surface area contributed by atoms with Crippen LogP contribution in [0.1, 0.15) is 58.2 Å². The summed E-state index contributed by atoms with van der Waals surface area (Å²) in [5.41, 5.74) is 4.66. The zero-order valence-corrected chi connectivity index (χ0v) is 11.6. The molecule has 0 saturated carbocycles. The standard InChI is InChI=1S/C16H25/c1-8-12-9-10-13(15(2,3)4)14(11-12)16(5,6)7/h9-11H,1,8H2,2-7H3. The van der Waals surface area contributed by atoms with Crippen molar-refractivity contribution in [2.45, 2.75) is 58.8 Å². The molecule has 89 valence electrons. The molecule has 0 amide bonds. The summed E-state index contributed by atoms with van der Waals surface area (Å²) < 4.78 is 0. The van der Waals surface area contributed by atoms with Crippen LogP contribution in [0.4, 0.5) is 0 Å². The summed E-state index contributed by atoms with van der Waals surface area (Å²) in [6.45, 7) is 17.7. The molecule has 1 radical (unpaired) electrons. The Morgan fingerprint density at radius 3 is 1.75 bits per heavy atom. The highest BCUT2D eigenvalue weighted by atomic mass is 14.3. The van der Waals surface area contributed by atoms with Crippen molar-refractivity contribution >= 4 is 0 Å². The second-order valence-corrected chi connectivity index (χ2v) is 6.63. The Morgan fingerprint density at radius 2 is 1.38 bits per heavy atom. The molecule has 0 bridgehead atoms. The van der Waals surface area contributed by atoms with Gasteiger partial charge in [-0.15, -0.1) is 0 Å². The molecule has 0 atom stereocenters. The summed E-state index contributed by atoms with van der Waals surface area (Å²) in [6.07, 6.45) is 0.869. The Hall–Kier alpha value is -0.780. The number of hydrogen-bond donors (Lipinski definition) is 0. The Labute approximate surface area is 101 Å². The molecule has 0 heteroatoms. The third-order valence-electron chi connectivity index (χ3n) is 2.99. The highest BCUT2D eigenvalue weighted by Gasteiger charge is 2.24. The third-order valence-corrected chi connectivity index (χ3v) is 2.99. The average molecular weight is 217 g/mol. The smallest absolute Gasteiger partial charge is 0.0129 e. The summed E-state index contributed by atoms with van der Waals surface area (Å²) in [7, 11) is 0. The van der Waals surface area contributed by atoms with Gasteiger partial charge in [-0.25, -0.2) is 0 Å². The van der Waals surface area contributed by atoms with Crippen LogP contribution in [-0.2, 0) is 17.3 Å². The van der Waals surface area contributed by atoms with Gasteiger partial charge in [-0.05, 0) is 40.9 Å². The Balaban J connectivity index is 3.40. The minimum atomic E-state index is 0.202. The second kappa shape index (κ2) is 4.24. The Morgan fingerprint density at radius 1 is 0.875 bits per heavy atom. The molecule has 1 rings (SSSR count). The van der Waals surface area contributed by atoms with Crippen LogP contribution in [-0.4, -0.2) is 0 Å². The molecule has 0 aromatic heterocycles. The van der Waals surface area contributed by atoms with Crippen LogP contribution >= 0.6 is 0 Å². The van der Waals surface area contributed by atoms with Crippen LogP contribution in [0.25, 0.3) is 0 Å². The quantitative estimate of drug-likeness (QED) is 0.642. The van der Waals surface area contributed by atoms with Gasteiger partial charge in [0.25, 0.3) is 0 Å². The molecule has 0 fully saturated rings.